The third-order valence-corrected chi connectivity index (χ3v) is 9.69. The van der Waals surface area contributed by atoms with Gasteiger partial charge in [-0.15, -0.1) is 10.2 Å². The summed E-state index contributed by atoms with van der Waals surface area (Å²) in [5.41, 5.74) is 2.81. The molecule has 1 aromatic heterocycles. The van der Waals surface area contributed by atoms with Crippen molar-refractivity contribution in [2.45, 2.75) is 29.7 Å². The van der Waals surface area contributed by atoms with E-state index in [0.717, 1.165) is 11.1 Å². The van der Waals surface area contributed by atoms with Crippen molar-refractivity contribution in [2.75, 3.05) is 11.5 Å². The molecular weight excluding hydrogens is 642 g/mol. The van der Waals surface area contributed by atoms with Crippen LogP contribution in [-0.4, -0.2) is 33.6 Å². The van der Waals surface area contributed by atoms with Gasteiger partial charge in [0.15, 0.2) is 4.34 Å². The molecule has 1 fully saturated rings. The number of hydrogen-bond donors (Lipinski definition) is 1. The number of anilines is 1. The first-order valence-electron chi connectivity index (χ1n) is 14.4. The number of rotatable bonds is 11. The van der Waals surface area contributed by atoms with Gasteiger partial charge in [0, 0.05) is 16.3 Å². The van der Waals surface area contributed by atoms with E-state index in [9.17, 15) is 14.7 Å². The van der Waals surface area contributed by atoms with Crippen LogP contribution in [0, 0.1) is 0 Å². The standard InChI is InChI=1S/C35H28ClN3O5S2/c1-2-43-26-17-15-23(16-18-26)31(40)29-30(24-12-8-13-27(19-24)44-20-22-9-4-3-5-10-22)39(33(42)32(29)41)34-37-38-35(46-34)45-21-25-11-6-7-14-28(25)36/h3-19,30,40H,2,20-21H2,1H3/b31-29+. The number of ketones is 1. The minimum atomic E-state index is -0.985. The van der Waals surface area contributed by atoms with Crippen molar-refractivity contribution in [3.8, 4) is 11.5 Å². The number of Topliss-reactive ketones (excluding diaryl/α,β-unsaturated/α-hetero) is 1. The molecule has 0 spiro atoms. The number of aromatic nitrogens is 2. The Morgan fingerprint density at radius 2 is 1.67 bits per heavy atom. The smallest absolute Gasteiger partial charge is 0.301 e. The van der Waals surface area contributed by atoms with Crippen LogP contribution < -0.4 is 14.4 Å². The van der Waals surface area contributed by atoms with E-state index in [1.165, 1.54) is 28.0 Å². The lowest BCUT2D eigenvalue weighted by atomic mass is 9.95. The number of amides is 1. The molecule has 0 bridgehead atoms. The highest BCUT2D eigenvalue weighted by Gasteiger charge is 2.48. The van der Waals surface area contributed by atoms with Crippen LogP contribution in [0.2, 0.25) is 5.02 Å². The molecule has 1 unspecified atom stereocenters. The molecule has 11 heteroatoms. The zero-order chi connectivity index (χ0) is 32.0. The normalized spacial score (nSPS) is 15.7. The molecule has 0 aliphatic carbocycles. The summed E-state index contributed by atoms with van der Waals surface area (Å²) in [4.78, 5) is 28.7. The van der Waals surface area contributed by atoms with E-state index in [1.807, 2.05) is 61.5 Å². The van der Waals surface area contributed by atoms with Crippen LogP contribution in [0.1, 0.15) is 35.2 Å². The average Bonchev–Trinajstić information content (AvgIpc) is 3.65. The number of carbonyl (C=O) groups excluding carboxylic acids is 2. The molecule has 8 nitrogen and oxygen atoms in total. The molecular formula is C35H28ClN3O5S2. The predicted molar refractivity (Wildman–Crippen MR) is 181 cm³/mol. The Bertz CT molecular complexity index is 1900. The molecule has 2 heterocycles. The molecule has 4 aromatic carbocycles. The maximum absolute atomic E-state index is 13.7. The average molecular weight is 670 g/mol. The number of nitrogens with zero attached hydrogens (tertiary/aromatic N) is 3. The Labute approximate surface area is 279 Å². The molecule has 46 heavy (non-hydrogen) atoms. The number of carbonyl (C=O) groups is 2. The number of benzene rings is 4. The number of aliphatic hydroxyl groups is 1. The molecule has 1 N–H and O–H groups in total. The van der Waals surface area contributed by atoms with Gasteiger partial charge in [-0.05, 0) is 66.1 Å². The highest BCUT2D eigenvalue weighted by atomic mass is 35.5. The fourth-order valence-electron chi connectivity index (χ4n) is 5.00. The Kier molecular flexibility index (Phi) is 9.68. The van der Waals surface area contributed by atoms with Gasteiger partial charge in [-0.25, -0.2) is 0 Å². The van der Waals surface area contributed by atoms with Gasteiger partial charge in [-0.2, -0.15) is 0 Å². The van der Waals surface area contributed by atoms with Gasteiger partial charge in [0.05, 0.1) is 18.2 Å². The van der Waals surface area contributed by atoms with Gasteiger partial charge < -0.3 is 14.6 Å². The minimum absolute atomic E-state index is 0.0603. The van der Waals surface area contributed by atoms with Gasteiger partial charge in [-0.1, -0.05) is 95.4 Å². The summed E-state index contributed by atoms with van der Waals surface area (Å²) in [5.74, 6) is -0.229. The molecule has 1 saturated heterocycles. The molecule has 0 saturated carbocycles. The van der Waals surface area contributed by atoms with Gasteiger partial charge in [-0.3, -0.25) is 14.5 Å². The molecule has 5 aromatic rings. The maximum atomic E-state index is 13.7. The first kappa shape index (κ1) is 31.3. The van der Waals surface area contributed by atoms with Crippen molar-refractivity contribution in [3.05, 3.63) is 136 Å². The fourth-order valence-corrected chi connectivity index (χ4v) is 7.16. The fraction of sp³-hybridized carbons (Fsp3) is 0.143. The Hall–Kier alpha value is -4.64. The first-order valence-corrected chi connectivity index (χ1v) is 16.6. The summed E-state index contributed by atoms with van der Waals surface area (Å²) in [6.45, 7) is 2.69. The van der Waals surface area contributed by atoms with Crippen LogP contribution in [0.4, 0.5) is 5.13 Å². The molecule has 1 atom stereocenters. The van der Waals surface area contributed by atoms with E-state index in [2.05, 4.69) is 10.2 Å². The van der Waals surface area contributed by atoms with Crippen molar-refractivity contribution in [3.63, 3.8) is 0 Å². The molecule has 0 radical (unpaired) electrons. The third kappa shape index (κ3) is 6.79. The zero-order valence-electron chi connectivity index (χ0n) is 24.6. The highest BCUT2D eigenvalue weighted by molar-refractivity contribution is 8.00. The van der Waals surface area contributed by atoms with Crippen LogP contribution in [0.5, 0.6) is 11.5 Å². The van der Waals surface area contributed by atoms with E-state index in [4.69, 9.17) is 21.1 Å². The summed E-state index contributed by atoms with van der Waals surface area (Å²) in [6.07, 6.45) is 0. The Morgan fingerprint density at radius 1 is 0.913 bits per heavy atom. The van der Waals surface area contributed by atoms with Crippen LogP contribution in [-0.2, 0) is 21.9 Å². The number of thioether (sulfide) groups is 1. The predicted octanol–water partition coefficient (Wildman–Crippen LogP) is 8.09. The van der Waals surface area contributed by atoms with Crippen LogP contribution >= 0.6 is 34.7 Å². The number of aliphatic hydroxyl groups excluding tert-OH is 1. The topological polar surface area (TPSA) is 102 Å². The molecule has 1 aliphatic rings. The lowest BCUT2D eigenvalue weighted by molar-refractivity contribution is -0.132. The number of hydrogen-bond acceptors (Lipinski definition) is 9. The van der Waals surface area contributed by atoms with Crippen LogP contribution in [0.3, 0.4) is 0 Å². The van der Waals surface area contributed by atoms with E-state index >= 15 is 0 Å². The van der Waals surface area contributed by atoms with Crippen molar-refractivity contribution >= 4 is 57.3 Å². The molecule has 6 rings (SSSR count). The Balaban J connectivity index is 1.37. The molecule has 1 aliphatic heterocycles. The van der Waals surface area contributed by atoms with Crippen molar-refractivity contribution in [1.82, 2.24) is 10.2 Å². The lowest BCUT2D eigenvalue weighted by Crippen LogP contribution is -2.29. The summed E-state index contributed by atoms with van der Waals surface area (Å²) < 4.78 is 12.2. The van der Waals surface area contributed by atoms with E-state index < -0.39 is 17.7 Å². The number of halogens is 1. The molecule has 1 amide bonds. The monoisotopic (exact) mass is 669 g/mol. The first-order chi connectivity index (χ1) is 22.4. The maximum Gasteiger partial charge on any atom is 0.301 e. The second-order valence-corrected chi connectivity index (χ2v) is 12.8. The minimum Gasteiger partial charge on any atom is -0.507 e. The van der Waals surface area contributed by atoms with Crippen molar-refractivity contribution in [1.29, 1.82) is 0 Å². The second kappa shape index (κ2) is 14.2. The van der Waals surface area contributed by atoms with E-state index in [0.29, 0.717) is 51.0 Å². The SMILES string of the molecule is CCOc1ccc(/C(O)=C2\C(=O)C(=O)N(c3nnc(SCc4ccccc4Cl)s3)C2c2cccc(OCc3ccccc3)c2)cc1. The number of ether oxygens (including phenoxy) is 2. The Morgan fingerprint density at radius 3 is 2.43 bits per heavy atom. The summed E-state index contributed by atoms with van der Waals surface area (Å²) in [5, 5.41) is 21.0. The largest absolute Gasteiger partial charge is 0.507 e. The van der Waals surface area contributed by atoms with Crippen molar-refractivity contribution < 1.29 is 24.2 Å². The quantitative estimate of drug-likeness (QED) is 0.0495. The van der Waals surface area contributed by atoms with E-state index in [1.54, 1.807) is 48.5 Å². The van der Waals surface area contributed by atoms with Gasteiger partial charge in [0.1, 0.15) is 23.9 Å². The summed E-state index contributed by atoms with van der Waals surface area (Å²) in [6, 6.07) is 30.2. The van der Waals surface area contributed by atoms with Gasteiger partial charge in [0.2, 0.25) is 5.13 Å². The van der Waals surface area contributed by atoms with Gasteiger partial charge >= 0.3 is 5.91 Å². The second-order valence-electron chi connectivity index (χ2n) is 10.2. The van der Waals surface area contributed by atoms with E-state index in [-0.39, 0.29) is 16.5 Å². The zero-order valence-corrected chi connectivity index (χ0v) is 27.0. The van der Waals surface area contributed by atoms with Crippen LogP contribution in [0.15, 0.2) is 113 Å². The lowest BCUT2D eigenvalue weighted by Gasteiger charge is -2.23. The van der Waals surface area contributed by atoms with Gasteiger partial charge in [0.25, 0.3) is 5.78 Å². The van der Waals surface area contributed by atoms with Crippen LogP contribution in [0.25, 0.3) is 5.76 Å². The highest BCUT2D eigenvalue weighted by Crippen LogP contribution is 2.45. The summed E-state index contributed by atoms with van der Waals surface area (Å²) >= 11 is 8.94. The summed E-state index contributed by atoms with van der Waals surface area (Å²) in [7, 11) is 0. The third-order valence-electron chi connectivity index (χ3n) is 7.22. The van der Waals surface area contributed by atoms with Crippen molar-refractivity contribution in [2.24, 2.45) is 0 Å². The molecule has 232 valence electrons.